The number of benzene rings is 2. The first-order chi connectivity index (χ1) is 11.7. The molecule has 0 unspecified atom stereocenters. The predicted octanol–water partition coefficient (Wildman–Crippen LogP) is 2.91. The number of aromatic nitrogens is 1. The largest absolute Gasteiger partial charge is 0.326 e. The standard InChI is InChI=1S/C19H15N3O2/c23-17(10-12-6-7-15-14(9-12)11-18(24)21-15)22-16-5-1-3-13-4-2-8-20-19(13)16/h1-9H,10-11H2,(H,21,24)(H,22,23). The van der Waals surface area contributed by atoms with Gasteiger partial charge in [0.2, 0.25) is 11.8 Å². The van der Waals surface area contributed by atoms with Gasteiger partial charge in [0.25, 0.3) is 0 Å². The minimum absolute atomic E-state index is 0.00608. The lowest BCUT2D eigenvalue weighted by molar-refractivity contribution is -0.116. The summed E-state index contributed by atoms with van der Waals surface area (Å²) in [5.41, 5.74) is 4.14. The van der Waals surface area contributed by atoms with Crippen molar-refractivity contribution >= 4 is 34.1 Å². The maximum absolute atomic E-state index is 12.4. The normalized spacial score (nSPS) is 12.8. The SMILES string of the molecule is O=C1Cc2cc(CC(=O)Nc3cccc4cccnc34)ccc2N1. The molecule has 0 saturated carbocycles. The van der Waals surface area contributed by atoms with Gasteiger partial charge in [-0.05, 0) is 29.3 Å². The number of carbonyl (C=O) groups is 2. The molecule has 2 amide bonds. The van der Waals surface area contributed by atoms with Gasteiger partial charge in [-0.25, -0.2) is 0 Å². The zero-order valence-corrected chi connectivity index (χ0v) is 12.9. The van der Waals surface area contributed by atoms with E-state index in [-0.39, 0.29) is 18.2 Å². The molecule has 0 atom stereocenters. The van der Waals surface area contributed by atoms with Crippen LogP contribution in [0.15, 0.2) is 54.7 Å². The van der Waals surface area contributed by atoms with Gasteiger partial charge in [-0.15, -0.1) is 0 Å². The second kappa shape index (κ2) is 5.77. The van der Waals surface area contributed by atoms with Crippen LogP contribution in [0.1, 0.15) is 11.1 Å². The minimum Gasteiger partial charge on any atom is -0.326 e. The average Bonchev–Trinajstić information content (AvgIpc) is 2.94. The molecule has 5 nitrogen and oxygen atoms in total. The van der Waals surface area contributed by atoms with Gasteiger partial charge < -0.3 is 10.6 Å². The van der Waals surface area contributed by atoms with Crippen molar-refractivity contribution in [3.63, 3.8) is 0 Å². The number of anilines is 2. The molecule has 2 heterocycles. The van der Waals surface area contributed by atoms with Gasteiger partial charge in [-0.3, -0.25) is 14.6 Å². The van der Waals surface area contributed by atoms with Crippen molar-refractivity contribution in [2.24, 2.45) is 0 Å². The van der Waals surface area contributed by atoms with E-state index < -0.39 is 0 Å². The first-order valence-corrected chi connectivity index (χ1v) is 7.74. The van der Waals surface area contributed by atoms with Crippen LogP contribution in [-0.4, -0.2) is 16.8 Å². The van der Waals surface area contributed by atoms with E-state index in [1.165, 1.54) is 0 Å². The number of amides is 2. The maximum atomic E-state index is 12.4. The lowest BCUT2D eigenvalue weighted by atomic mass is 10.1. The number of rotatable bonds is 3. The number of hydrogen-bond acceptors (Lipinski definition) is 3. The number of pyridine rings is 1. The van der Waals surface area contributed by atoms with E-state index in [0.29, 0.717) is 12.1 Å². The molecule has 4 rings (SSSR count). The van der Waals surface area contributed by atoms with E-state index in [4.69, 9.17) is 0 Å². The second-order valence-corrected chi connectivity index (χ2v) is 5.82. The van der Waals surface area contributed by atoms with Crippen molar-refractivity contribution in [3.8, 4) is 0 Å². The number of nitrogens with one attached hydrogen (secondary N) is 2. The molecule has 0 spiro atoms. The molecule has 0 bridgehead atoms. The Bertz CT molecular complexity index is 960. The van der Waals surface area contributed by atoms with E-state index in [2.05, 4.69) is 15.6 Å². The van der Waals surface area contributed by atoms with Crippen LogP contribution in [-0.2, 0) is 22.4 Å². The highest BCUT2D eigenvalue weighted by atomic mass is 16.2. The molecular weight excluding hydrogens is 302 g/mol. The molecule has 2 aromatic carbocycles. The summed E-state index contributed by atoms with van der Waals surface area (Å²) >= 11 is 0. The summed E-state index contributed by atoms with van der Waals surface area (Å²) in [5, 5.41) is 6.70. The molecule has 5 heteroatoms. The zero-order valence-electron chi connectivity index (χ0n) is 12.9. The maximum Gasteiger partial charge on any atom is 0.228 e. The molecule has 24 heavy (non-hydrogen) atoms. The lowest BCUT2D eigenvalue weighted by Gasteiger charge is -2.09. The van der Waals surface area contributed by atoms with Crippen molar-refractivity contribution < 1.29 is 9.59 Å². The van der Waals surface area contributed by atoms with Crippen molar-refractivity contribution in [2.75, 3.05) is 10.6 Å². The molecule has 0 fully saturated rings. The van der Waals surface area contributed by atoms with Gasteiger partial charge in [0, 0.05) is 17.3 Å². The minimum atomic E-state index is -0.106. The van der Waals surface area contributed by atoms with Crippen molar-refractivity contribution in [2.45, 2.75) is 12.8 Å². The number of nitrogens with zero attached hydrogens (tertiary/aromatic N) is 1. The van der Waals surface area contributed by atoms with Gasteiger partial charge in [0.05, 0.1) is 24.0 Å². The summed E-state index contributed by atoms with van der Waals surface area (Å²) < 4.78 is 0. The van der Waals surface area contributed by atoms with Crippen LogP contribution in [0.25, 0.3) is 10.9 Å². The highest BCUT2D eigenvalue weighted by molar-refractivity contribution is 6.01. The average molecular weight is 317 g/mol. The van der Waals surface area contributed by atoms with E-state index in [1.54, 1.807) is 6.20 Å². The van der Waals surface area contributed by atoms with Gasteiger partial charge in [-0.2, -0.15) is 0 Å². The topological polar surface area (TPSA) is 71.1 Å². The Balaban J connectivity index is 1.53. The molecule has 1 aliphatic heterocycles. The van der Waals surface area contributed by atoms with Gasteiger partial charge in [0.1, 0.15) is 0 Å². The fraction of sp³-hybridized carbons (Fsp3) is 0.105. The third-order valence-corrected chi connectivity index (χ3v) is 4.07. The fourth-order valence-corrected chi connectivity index (χ4v) is 2.98. The quantitative estimate of drug-likeness (QED) is 0.780. The summed E-state index contributed by atoms with van der Waals surface area (Å²) in [4.78, 5) is 28.1. The zero-order chi connectivity index (χ0) is 16.5. The van der Waals surface area contributed by atoms with Gasteiger partial charge >= 0.3 is 0 Å². The van der Waals surface area contributed by atoms with E-state index >= 15 is 0 Å². The Morgan fingerprint density at radius 3 is 2.96 bits per heavy atom. The Kier molecular flexibility index (Phi) is 3.46. The van der Waals surface area contributed by atoms with Crippen LogP contribution in [0.3, 0.4) is 0 Å². The highest BCUT2D eigenvalue weighted by Gasteiger charge is 2.18. The van der Waals surface area contributed by atoms with E-state index in [9.17, 15) is 9.59 Å². The first-order valence-electron chi connectivity index (χ1n) is 7.74. The first kappa shape index (κ1) is 14.4. The summed E-state index contributed by atoms with van der Waals surface area (Å²) in [6.45, 7) is 0. The number of carbonyl (C=O) groups excluding carboxylic acids is 2. The van der Waals surface area contributed by atoms with Crippen LogP contribution in [0.2, 0.25) is 0 Å². The molecule has 0 saturated heterocycles. The summed E-state index contributed by atoms with van der Waals surface area (Å²) in [7, 11) is 0. The van der Waals surface area contributed by atoms with Crippen molar-refractivity contribution in [1.29, 1.82) is 0 Å². The lowest BCUT2D eigenvalue weighted by Crippen LogP contribution is -2.15. The summed E-state index contributed by atoms with van der Waals surface area (Å²) in [6, 6.07) is 15.2. The number of hydrogen-bond donors (Lipinski definition) is 2. The second-order valence-electron chi connectivity index (χ2n) is 5.82. The molecule has 2 N–H and O–H groups in total. The molecule has 3 aromatic rings. The summed E-state index contributed by atoms with van der Waals surface area (Å²) in [6.07, 6.45) is 2.34. The summed E-state index contributed by atoms with van der Waals surface area (Å²) in [5.74, 6) is -0.112. The van der Waals surface area contributed by atoms with Gasteiger partial charge in [0.15, 0.2) is 0 Å². The molecular formula is C19H15N3O2. The van der Waals surface area contributed by atoms with E-state index in [0.717, 1.165) is 27.7 Å². The van der Waals surface area contributed by atoms with Crippen LogP contribution >= 0.6 is 0 Å². The van der Waals surface area contributed by atoms with Crippen molar-refractivity contribution in [3.05, 3.63) is 65.9 Å². The molecule has 0 radical (unpaired) electrons. The predicted molar refractivity (Wildman–Crippen MR) is 92.9 cm³/mol. The van der Waals surface area contributed by atoms with Crippen LogP contribution in [0, 0.1) is 0 Å². The smallest absolute Gasteiger partial charge is 0.228 e. The Morgan fingerprint density at radius 2 is 2.04 bits per heavy atom. The van der Waals surface area contributed by atoms with Crippen LogP contribution < -0.4 is 10.6 Å². The number of fused-ring (bicyclic) bond motifs is 2. The van der Waals surface area contributed by atoms with Gasteiger partial charge in [-0.1, -0.05) is 30.3 Å². The highest BCUT2D eigenvalue weighted by Crippen LogP contribution is 2.25. The fourth-order valence-electron chi connectivity index (χ4n) is 2.98. The Labute approximate surface area is 138 Å². The molecule has 118 valence electrons. The molecule has 1 aliphatic rings. The Hall–Kier alpha value is -3.21. The van der Waals surface area contributed by atoms with Crippen molar-refractivity contribution in [1.82, 2.24) is 4.98 Å². The van der Waals surface area contributed by atoms with Crippen LogP contribution in [0.4, 0.5) is 11.4 Å². The molecule has 0 aliphatic carbocycles. The van der Waals surface area contributed by atoms with Crippen LogP contribution in [0.5, 0.6) is 0 Å². The number of para-hydroxylation sites is 1. The van der Waals surface area contributed by atoms with E-state index in [1.807, 2.05) is 48.5 Å². The Morgan fingerprint density at radius 1 is 1.17 bits per heavy atom. The third-order valence-electron chi connectivity index (χ3n) is 4.07. The monoisotopic (exact) mass is 317 g/mol. The third kappa shape index (κ3) is 2.72. The molecule has 1 aromatic heterocycles.